The molecule has 0 saturated carbocycles. The fourth-order valence-corrected chi connectivity index (χ4v) is 1.87. The van der Waals surface area contributed by atoms with Crippen LogP contribution in [0.4, 0.5) is 24.7 Å². The first kappa shape index (κ1) is 17.3. The Labute approximate surface area is 133 Å². The Bertz CT molecular complexity index is 720. The third-order valence-electron chi connectivity index (χ3n) is 3.07. The minimum Gasteiger partial charge on any atom is -0.357 e. The van der Waals surface area contributed by atoms with Crippen LogP contribution in [-0.4, -0.2) is 32.9 Å². The van der Waals surface area contributed by atoms with E-state index in [9.17, 15) is 28.1 Å². The van der Waals surface area contributed by atoms with Crippen LogP contribution in [0.2, 0.25) is 0 Å². The Hall–Kier alpha value is -3.04. The molecular formula is C14H11F3N4O3. The average Bonchev–Trinajstić information content (AvgIpc) is 2.54. The van der Waals surface area contributed by atoms with E-state index in [0.29, 0.717) is 0 Å². The maximum Gasteiger partial charge on any atom is 0.409 e. The van der Waals surface area contributed by atoms with Gasteiger partial charge in [-0.25, -0.2) is 4.98 Å². The zero-order valence-electron chi connectivity index (χ0n) is 12.0. The number of benzene rings is 1. The Balaban J connectivity index is 2.14. The molecule has 126 valence electrons. The summed E-state index contributed by atoms with van der Waals surface area (Å²) in [5.41, 5.74) is -0.299. The maximum absolute atomic E-state index is 13.1. The maximum atomic E-state index is 13.1. The molecule has 2 rings (SSSR count). The van der Waals surface area contributed by atoms with Gasteiger partial charge >= 0.3 is 6.18 Å². The van der Waals surface area contributed by atoms with E-state index in [1.165, 1.54) is 12.4 Å². The smallest absolute Gasteiger partial charge is 0.357 e. The van der Waals surface area contributed by atoms with Crippen LogP contribution in [0.25, 0.3) is 0 Å². The summed E-state index contributed by atoms with van der Waals surface area (Å²) >= 11 is 0. The Morgan fingerprint density at radius 3 is 2.42 bits per heavy atom. The molecule has 1 aromatic heterocycles. The van der Waals surface area contributed by atoms with Gasteiger partial charge in [0.2, 0.25) is 0 Å². The van der Waals surface area contributed by atoms with Gasteiger partial charge in [0, 0.05) is 36.5 Å². The molecule has 7 nitrogen and oxygen atoms in total. The molecule has 2 aromatic rings. The predicted molar refractivity (Wildman–Crippen MR) is 77.5 cm³/mol. The van der Waals surface area contributed by atoms with Crippen LogP contribution in [0.5, 0.6) is 0 Å². The molecular weight excluding hydrogens is 329 g/mol. The van der Waals surface area contributed by atoms with Crippen molar-refractivity contribution < 1.29 is 22.9 Å². The van der Waals surface area contributed by atoms with Gasteiger partial charge in [0.15, 0.2) is 5.78 Å². The van der Waals surface area contributed by atoms with Crippen molar-refractivity contribution in [2.24, 2.45) is 0 Å². The van der Waals surface area contributed by atoms with E-state index < -0.39 is 29.3 Å². The van der Waals surface area contributed by atoms with Crippen molar-refractivity contribution in [1.29, 1.82) is 0 Å². The number of ketones is 1. The average molecular weight is 340 g/mol. The first-order valence-corrected chi connectivity index (χ1v) is 6.64. The lowest BCUT2D eigenvalue weighted by Crippen LogP contribution is -2.38. The van der Waals surface area contributed by atoms with Crippen molar-refractivity contribution in [1.82, 2.24) is 9.97 Å². The summed E-state index contributed by atoms with van der Waals surface area (Å²) in [6, 6.07) is 2.21. The minimum absolute atomic E-state index is 0.0456. The van der Waals surface area contributed by atoms with Crippen molar-refractivity contribution >= 4 is 17.3 Å². The monoisotopic (exact) mass is 340 g/mol. The van der Waals surface area contributed by atoms with Crippen LogP contribution < -0.4 is 5.32 Å². The van der Waals surface area contributed by atoms with E-state index in [-0.39, 0.29) is 17.1 Å². The molecule has 1 unspecified atom stereocenters. The van der Waals surface area contributed by atoms with E-state index >= 15 is 0 Å². The fraction of sp³-hybridized carbons (Fsp3) is 0.214. The molecule has 0 amide bonds. The SMILES string of the molecule is O=C(CC(Nc1cnccn1)C(F)(F)F)c1ccc([N+](=O)[O-])cc1. The number of nitrogens with zero attached hydrogens (tertiary/aromatic N) is 3. The Morgan fingerprint density at radius 2 is 1.92 bits per heavy atom. The van der Waals surface area contributed by atoms with Gasteiger partial charge in [0.25, 0.3) is 5.69 Å². The molecule has 0 saturated heterocycles. The molecule has 1 aromatic carbocycles. The quantitative estimate of drug-likeness (QED) is 0.493. The number of non-ortho nitro benzene ring substituents is 1. The van der Waals surface area contributed by atoms with Gasteiger partial charge in [-0.05, 0) is 12.1 Å². The van der Waals surface area contributed by atoms with E-state index in [1.807, 2.05) is 0 Å². The highest BCUT2D eigenvalue weighted by molar-refractivity contribution is 5.96. The zero-order valence-corrected chi connectivity index (χ0v) is 12.0. The number of nitro groups is 1. The number of anilines is 1. The molecule has 0 aliphatic heterocycles. The topological polar surface area (TPSA) is 98.0 Å². The van der Waals surface area contributed by atoms with Gasteiger partial charge in [-0.2, -0.15) is 13.2 Å². The molecule has 0 fully saturated rings. The third-order valence-corrected chi connectivity index (χ3v) is 3.07. The van der Waals surface area contributed by atoms with Crippen molar-refractivity contribution in [2.45, 2.75) is 18.6 Å². The van der Waals surface area contributed by atoms with Crippen LogP contribution in [0.1, 0.15) is 16.8 Å². The van der Waals surface area contributed by atoms with E-state index in [0.717, 1.165) is 30.5 Å². The standard InChI is InChI=1S/C14H11F3N4O3/c15-14(16,17)12(20-13-8-18-5-6-19-13)7-11(22)9-1-3-10(4-2-9)21(23)24/h1-6,8,12H,7H2,(H,19,20). The summed E-state index contributed by atoms with van der Waals surface area (Å²) in [6.07, 6.45) is -1.94. The second-order valence-corrected chi connectivity index (χ2v) is 4.76. The number of carbonyl (C=O) groups excluding carboxylic acids is 1. The van der Waals surface area contributed by atoms with Gasteiger partial charge < -0.3 is 5.32 Å². The van der Waals surface area contributed by atoms with Crippen molar-refractivity contribution in [3.05, 3.63) is 58.5 Å². The molecule has 0 spiro atoms. The fourth-order valence-electron chi connectivity index (χ4n) is 1.87. The number of nitro benzene ring substituents is 1. The highest BCUT2D eigenvalue weighted by Gasteiger charge is 2.41. The number of nitrogens with one attached hydrogen (secondary N) is 1. The number of rotatable bonds is 6. The summed E-state index contributed by atoms with van der Waals surface area (Å²) in [5.74, 6) is -0.917. The molecule has 0 bridgehead atoms. The summed E-state index contributed by atoms with van der Waals surface area (Å²) in [6.45, 7) is 0. The Kier molecular flexibility index (Phi) is 5.07. The largest absolute Gasteiger partial charge is 0.409 e. The highest BCUT2D eigenvalue weighted by atomic mass is 19.4. The van der Waals surface area contributed by atoms with E-state index in [2.05, 4.69) is 15.3 Å². The van der Waals surface area contributed by atoms with E-state index in [4.69, 9.17) is 0 Å². The second-order valence-electron chi connectivity index (χ2n) is 4.76. The summed E-state index contributed by atoms with van der Waals surface area (Å²) in [4.78, 5) is 29.2. The second kappa shape index (κ2) is 7.02. The third kappa shape index (κ3) is 4.48. The zero-order chi connectivity index (χ0) is 17.7. The number of alkyl halides is 3. The summed E-state index contributed by atoms with van der Waals surface area (Å²) < 4.78 is 39.3. The Morgan fingerprint density at radius 1 is 1.25 bits per heavy atom. The lowest BCUT2D eigenvalue weighted by molar-refractivity contribution is -0.384. The van der Waals surface area contributed by atoms with Gasteiger partial charge in [0.05, 0.1) is 11.1 Å². The predicted octanol–water partition coefficient (Wildman–Crippen LogP) is 3.00. The summed E-state index contributed by atoms with van der Waals surface area (Å²) in [5, 5.41) is 12.7. The molecule has 10 heteroatoms. The number of Topliss-reactive ketones (excluding diaryl/α,β-unsaturated/α-hetero) is 1. The normalized spacial score (nSPS) is 12.5. The van der Waals surface area contributed by atoms with Crippen LogP contribution in [0.3, 0.4) is 0 Å². The van der Waals surface area contributed by atoms with Crippen molar-refractivity contribution in [2.75, 3.05) is 5.32 Å². The first-order valence-electron chi connectivity index (χ1n) is 6.64. The number of aromatic nitrogens is 2. The van der Waals surface area contributed by atoms with Gasteiger partial charge in [-0.15, -0.1) is 0 Å². The minimum atomic E-state index is -4.69. The lowest BCUT2D eigenvalue weighted by Gasteiger charge is -2.21. The molecule has 0 aliphatic rings. The molecule has 0 radical (unpaired) electrons. The lowest BCUT2D eigenvalue weighted by atomic mass is 10.0. The number of hydrogen-bond donors (Lipinski definition) is 1. The molecule has 1 atom stereocenters. The van der Waals surface area contributed by atoms with Crippen LogP contribution in [0.15, 0.2) is 42.9 Å². The molecule has 1 N–H and O–H groups in total. The molecule has 24 heavy (non-hydrogen) atoms. The van der Waals surface area contributed by atoms with Gasteiger partial charge in [0.1, 0.15) is 11.9 Å². The number of carbonyl (C=O) groups is 1. The van der Waals surface area contributed by atoms with Crippen molar-refractivity contribution in [3.8, 4) is 0 Å². The van der Waals surface area contributed by atoms with Gasteiger partial charge in [-0.1, -0.05) is 0 Å². The number of halogens is 3. The van der Waals surface area contributed by atoms with Crippen molar-refractivity contribution in [3.63, 3.8) is 0 Å². The van der Waals surface area contributed by atoms with Crippen LogP contribution in [-0.2, 0) is 0 Å². The van der Waals surface area contributed by atoms with Crippen LogP contribution in [0, 0.1) is 10.1 Å². The molecule has 0 aliphatic carbocycles. The van der Waals surface area contributed by atoms with Crippen LogP contribution >= 0.6 is 0 Å². The van der Waals surface area contributed by atoms with Gasteiger partial charge in [-0.3, -0.25) is 19.9 Å². The summed E-state index contributed by atoms with van der Waals surface area (Å²) in [7, 11) is 0. The molecule has 1 heterocycles. The van der Waals surface area contributed by atoms with E-state index in [1.54, 1.807) is 0 Å². The number of hydrogen-bond acceptors (Lipinski definition) is 6. The highest BCUT2D eigenvalue weighted by Crippen LogP contribution is 2.26. The first-order chi connectivity index (χ1) is 11.3.